The first-order valence-corrected chi connectivity index (χ1v) is 10.9. The quantitative estimate of drug-likeness (QED) is 0.352. The average Bonchev–Trinajstić information content (AvgIpc) is 3.04. The molecule has 1 heterocycles. The van der Waals surface area contributed by atoms with Crippen LogP contribution in [-0.2, 0) is 16.4 Å². The summed E-state index contributed by atoms with van der Waals surface area (Å²) in [7, 11) is -3.46. The minimum Gasteiger partial charge on any atom is -0.305 e. The summed E-state index contributed by atoms with van der Waals surface area (Å²) in [6.07, 6.45) is 5.42. The average molecular weight is 429 g/mol. The van der Waals surface area contributed by atoms with E-state index in [2.05, 4.69) is 10.9 Å². The summed E-state index contributed by atoms with van der Waals surface area (Å²) in [6.45, 7) is 1.64. The monoisotopic (exact) mass is 429 g/mol. The molecule has 0 fully saturated rings. The second kappa shape index (κ2) is 7.98. The zero-order valence-corrected chi connectivity index (χ0v) is 16.9. The molecule has 29 heavy (non-hydrogen) atoms. The fourth-order valence-electron chi connectivity index (χ4n) is 2.65. The summed E-state index contributed by atoms with van der Waals surface area (Å²) >= 11 is 1.09. The van der Waals surface area contributed by atoms with Crippen LogP contribution in [0.2, 0.25) is 0 Å². The van der Waals surface area contributed by atoms with E-state index in [1.54, 1.807) is 10.6 Å². The maximum Gasteiger partial charge on any atom is 0.279 e. The number of non-ortho nitro benzene ring substituents is 1. The van der Waals surface area contributed by atoms with Crippen molar-refractivity contribution in [3.05, 3.63) is 62.9 Å². The van der Waals surface area contributed by atoms with Crippen molar-refractivity contribution in [2.24, 2.45) is 4.99 Å². The standard InChI is InChI=1S/C19H15N3O5S2/c1-3-10-21-16-9-8-14(22(24)25)12-17(16)28-19(21)20-18(23)13-6-5-7-15(11-13)29(26,27)4-2/h1,5-9,11-12H,4,10H2,2H3. The van der Waals surface area contributed by atoms with Crippen LogP contribution in [0.3, 0.4) is 0 Å². The molecule has 1 aromatic heterocycles. The lowest BCUT2D eigenvalue weighted by Crippen LogP contribution is -2.16. The molecule has 0 bridgehead atoms. The topological polar surface area (TPSA) is 112 Å². The lowest BCUT2D eigenvalue weighted by molar-refractivity contribution is -0.384. The number of sulfone groups is 1. The number of hydrogen-bond donors (Lipinski definition) is 0. The van der Waals surface area contributed by atoms with Gasteiger partial charge in [0.05, 0.1) is 32.3 Å². The van der Waals surface area contributed by atoms with Crippen molar-refractivity contribution in [3.63, 3.8) is 0 Å². The molecule has 0 radical (unpaired) electrons. The van der Waals surface area contributed by atoms with Crippen LogP contribution in [0.25, 0.3) is 10.2 Å². The molecule has 0 unspecified atom stereocenters. The summed E-state index contributed by atoms with van der Waals surface area (Å²) in [5.74, 6) is 1.76. The summed E-state index contributed by atoms with van der Waals surface area (Å²) in [6, 6.07) is 9.97. The molecule has 0 aliphatic carbocycles. The maximum absolute atomic E-state index is 12.7. The molecule has 2 aromatic carbocycles. The van der Waals surface area contributed by atoms with Gasteiger partial charge in [-0.15, -0.1) is 6.42 Å². The van der Waals surface area contributed by atoms with E-state index < -0.39 is 20.7 Å². The number of nitrogens with zero attached hydrogens (tertiary/aromatic N) is 3. The third kappa shape index (κ3) is 4.11. The smallest absolute Gasteiger partial charge is 0.279 e. The molecule has 3 aromatic rings. The first-order valence-electron chi connectivity index (χ1n) is 8.40. The SMILES string of the molecule is C#CCn1c(=NC(=O)c2cccc(S(=O)(=O)CC)c2)sc2cc([N+](=O)[O-])ccc21. The van der Waals surface area contributed by atoms with Crippen LogP contribution in [0.15, 0.2) is 52.4 Å². The molecular weight excluding hydrogens is 414 g/mol. The van der Waals surface area contributed by atoms with Gasteiger partial charge in [-0.05, 0) is 24.3 Å². The zero-order chi connectivity index (χ0) is 21.2. The number of carbonyl (C=O) groups excluding carboxylic acids is 1. The number of amides is 1. The van der Waals surface area contributed by atoms with Crippen molar-refractivity contribution in [3.8, 4) is 12.3 Å². The van der Waals surface area contributed by atoms with Crippen molar-refractivity contribution in [1.82, 2.24) is 4.57 Å². The Morgan fingerprint density at radius 1 is 1.31 bits per heavy atom. The molecule has 3 rings (SSSR count). The lowest BCUT2D eigenvalue weighted by Gasteiger charge is -2.03. The van der Waals surface area contributed by atoms with Gasteiger partial charge >= 0.3 is 0 Å². The number of benzene rings is 2. The van der Waals surface area contributed by atoms with Crippen molar-refractivity contribution in [2.45, 2.75) is 18.4 Å². The van der Waals surface area contributed by atoms with Crippen molar-refractivity contribution in [2.75, 3.05) is 5.75 Å². The number of nitro benzene ring substituents is 1. The van der Waals surface area contributed by atoms with Crippen LogP contribution in [-0.4, -0.2) is 29.6 Å². The minimum atomic E-state index is -3.46. The Morgan fingerprint density at radius 2 is 2.07 bits per heavy atom. The van der Waals surface area contributed by atoms with Gasteiger partial charge < -0.3 is 4.57 Å². The second-order valence-corrected chi connectivity index (χ2v) is 9.22. The van der Waals surface area contributed by atoms with E-state index in [9.17, 15) is 23.3 Å². The van der Waals surface area contributed by atoms with Crippen LogP contribution in [0.1, 0.15) is 17.3 Å². The molecule has 0 aliphatic heterocycles. The van der Waals surface area contributed by atoms with Crippen LogP contribution < -0.4 is 4.80 Å². The number of thiazole rings is 1. The van der Waals surface area contributed by atoms with E-state index >= 15 is 0 Å². The Labute approximate surface area is 170 Å². The van der Waals surface area contributed by atoms with Gasteiger partial charge in [0.25, 0.3) is 11.6 Å². The predicted octanol–water partition coefficient (Wildman–Crippen LogP) is 2.78. The highest BCUT2D eigenvalue weighted by atomic mass is 32.2. The molecule has 0 spiro atoms. The number of hydrogen-bond acceptors (Lipinski definition) is 6. The molecule has 0 atom stereocenters. The number of rotatable bonds is 5. The molecule has 148 valence electrons. The zero-order valence-electron chi connectivity index (χ0n) is 15.2. The van der Waals surface area contributed by atoms with Crippen molar-refractivity contribution < 1.29 is 18.1 Å². The third-order valence-electron chi connectivity index (χ3n) is 4.14. The Hall–Kier alpha value is -3.29. The van der Waals surface area contributed by atoms with Crippen LogP contribution >= 0.6 is 11.3 Å². The Morgan fingerprint density at radius 3 is 2.72 bits per heavy atom. The number of nitro groups is 1. The first-order chi connectivity index (χ1) is 13.8. The molecule has 1 amide bonds. The summed E-state index contributed by atoms with van der Waals surface area (Å²) in [5, 5.41) is 11.0. The fraction of sp³-hybridized carbons (Fsp3) is 0.158. The number of aromatic nitrogens is 1. The Balaban J connectivity index is 2.13. The van der Waals surface area contributed by atoms with Gasteiger partial charge in [-0.2, -0.15) is 4.99 Å². The largest absolute Gasteiger partial charge is 0.305 e. The maximum atomic E-state index is 12.7. The van der Waals surface area contributed by atoms with Crippen molar-refractivity contribution in [1.29, 1.82) is 0 Å². The highest BCUT2D eigenvalue weighted by Gasteiger charge is 2.16. The first kappa shape index (κ1) is 20.4. The van der Waals surface area contributed by atoms with E-state index in [1.807, 2.05) is 0 Å². The highest BCUT2D eigenvalue weighted by Crippen LogP contribution is 2.23. The van der Waals surface area contributed by atoms with E-state index in [4.69, 9.17) is 6.42 Å². The fourth-order valence-corrected chi connectivity index (χ4v) is 4.63. The van der Waals surface area contributed by atoms with Gasteiger partial charge in [0.1, 0.15) is 0 Å². The Bertz CT molecular complexity index is 1340. The van der Waals surface area contributed by atoms with Gasteiger partial charge in [-0.25, -0.2) is 8.42 Å². The molecule has 10 heteroatoms. The molecule has 0 saturated heterocycles. The molecule has 0 aliphatic rings. The van der Waals surface area contributed by atoms with E-state index in [0.717, 1.165) is 11.3 Å². The minimum absolute atomic E-state index is 0.0458. The number of fused-ring (bicyclic) bond motifs is 1. The second-order valence-electron chi connectivity index (χ2n) is 5.93. The van der Waals surface area contributed by atoms with Gasteiger partial charge in [0.15, 0.2) is 14.6 Å². The van der Waals surface area contributed by atoms with Crippen LogP contribution in [0.5, 0.6) is 0 Å². The predicted molar refractivity (Wildman–Crippen MR) is 109 cm³/mol. The number of carbonyl (C=O) groups is 1. The molecule has 0 saturated carbocycles. The molecule has 0 N–H and O–H groups in total. The van der Waals surface area contributed by atoms with Gasteiger partial charge in [-0.3, -0.25) is 14.9 Å². The number of terminal acetylenes is 1. The van der Waals surface area contributed by atoms with Crippen molar-refractivity contribution >= 4 is 43.0 Å². The molecule has 8 nitrogen and oxygen atoms in total. The summed E-state index contributed by atoms with van der Waals surface area (Å²) in [5.41, 5.74) is 0.657. The van der Waals surface area contributed by atoms with Gasteiger partial charge in [0.2, 0.25) is 0 Å². The van der Waals surface area contributed by atoms with Crippen LogP contribution in [0, 0.1) is 22.5 Å². The lowest BCUT2D eigenvalue weighted by atomic mass is 10.2. The Kier molecular flexibility index (Phi) is 5.63. The third-order valence-corrected chi connectivity index (χ3v) is 6.92. The molecular formula is C19H15N3O5S2. The summed E-state index contributed by atoms with van der Waals surface area (Å²) < 4.78 is 26.3. The van der Waals surface area contributed by atoms with Gasteiger partial charge in [-0.1, -0.05) is 30.2 Å². The van der Waals surface area contributed by atoms with E-state index in [1.165, 1.54) is 43.3 Å². The normalized spacial score (nSPS) is 12.1. The summed E-state index contributed by atoms with van der Waals surface area (Å²) in [4.78, 5) is 27.6. The van der Waals surface area contributed by atoms with Gasteiger partial charge in [0, 0.05) is 17.7 Å². The highest BCUT2D eigenvalue weighted by molar-refractivity contribution is 7.91. The van der Waals surface area contributed by atoms with E-state index in [0.29, 0.717) is 10.2 Å². The van der Waals surface area contributed by atoms with E-state index in [-0.39, 0.29) is 33.2 Å². The van der Waals surface area contributed by atoms with Crippen LogP contribution in [0.4, 0.5) is 5.69 Å².